The molecule has 0 amide bonds. The largest absolute Gasteiger partial charge is 0.496 e. The average molecular weight is 268 g/mol. The van der Waals surface area contributed by atoms with Crippen molar-refractivity contribution in [1.29, 1.82) is 0 Å². The second kappa shape index (κ2) is 5.26. The summed E-state index contributed by atoms with van der Waals surface area (Å²) in [5, 5.41) is 3.50. The Labute approximate surface area is 109 Å². The lowest BCUT2D eigenvalue weighted by atomic mass is 10.1. The fourth-order valence-corrected chi connectivity index (χ4v) is 1.95. The summed E-state index contributed by atoms with van der Waals surface area (Å²) in [7, 11) is 4.64. The van der Waals surface area contributed by atoms with E-state index in [1.165, 1.54) is 20.3 Å². The first-order valence-electron chi connectivity index (χ1n) is 5.64. The summed E-state index contributed by atoms with van der Waals surface area (Å²) in [5.74, 6) is 0.975. The lowest BCUT2D eigenvalue weighted by molar-refractivity contribution is 0.146. The van der Waals surface area contributed by atoms with Gasteiger partial charge in [-0.1, -0.05) is 0 Å². The zero-order chi connectivity index (χ0) is 14.0. The molecule has 102 valence electrons. The van der Waals surface area contributed by atoms with Gasteiger partial charge < -0.3 is 14.8 Å². The minimum absolute atomic E-state index is 0.302. The van der Waals surface area contributed by atoms with Gasteiger partial charge in [0.2, 0.25) is 0 Å². The van der Waals surface area contributed by atoms with Crippen molar-refractivity contribution in [2.75, 3.05) is 26.6 Å². The third-order valence-corrected chi connectivity index (χ3v) is 2.84. The first-order valence-corrected chi connectivity index (χ1v) is 5.64. The van der Waals surface area contributed by atoms with Crippen molar-refractivity contribution >= 4 is 16.6 Å². The molecule has 0 fully saturated rings. The van der Waals surface area contributed by atoms with Gasteiger partial charge in [0, 0.05) is 12.7 Å². The molecular formula is C13H14F2N2O2. The van der Waals surface area contributed by atoms with Gasteiger partial charge in [0.05, 0.1) is 19.6 Å². The van der Waals surface area contributed by atoms with E-state index in [1.54, 1.807) is 19.2 Å². The molecule has 1 aromatic heterocycles. The zero-order valence-electron chi connectivity index (χ0n) is 10.8. The summed E-state index contributed by atoms with van der Waals surface area (Å²) in [6.45, 7) is 0. The molecule has 0 radical (unpaired) electrons. The number of nitrogens with zero attached hydrogens (tertiary/aromatic N) is 1. The number of fused-ring (bicyclic) bond motifs is 1. The Morgan fingerprint density at radius 3 is 2.32 bits per heavy atom. The van der Waals surface area contributed by atoms with E-state index in [2.05, 4.69) is 10.3 Å². The maximum Gasteiger partial charge on any atom is 0.280 e. The lowest BCUT2D eigenvalue weighted by Crippen LogP contribution is -2.00. The molecule has 0 aliphatic carbocycles. The molecule has 0 aliphatic heterocycles. The Kier molecular flexibility index (Phi) is 3.69. The molecule has 1 heterocycles. The van der Waals surface area contributed by atoms with Crippen molar-refractivity contribution in [3.63, 3.8) is 0 Å². The average Bonchev–Trinajstić information content (AvgIpc) is 2.44. The molecule has 0 unspecified atom stereocenters. The molecule has 0 saturated carbocycles. The molecule has 0 bridgehead atoms. The van der Waals surface area contributed by atoms with Crippen LogP contribution in [0.15, 0.2) is 18.2 Å². The van der Waals surface area contributed by atoms with Crippen LogP contribution in [0.25, 0.3) is 10.9 Å². The lowest BCUT2D eigenvalue weighted by Gasteiger charge is -2.14. The molecule has 4 nitrogen and oxygen atoms in total. The highest BCUT2D eigenvalue weighted by Crippen LogP contribution is 2.38. The van der Waals surface area contributed by atoms with Gasteiger partial charge in [-0.15, -0.1) is 0 Å². The number of rotatable bonds is 4. The van der Waals surface area contributed by atoms with E-state index in [0.29, 0.717) is 28.1 Å². The van der Waals surface area contributed by atoms with Crippen molar-refractivity contribution in [2.24, 2.45) is 0 Å². The molecule has 0 atom stereocenters. The summed E-state index contributed by atoms with van der Waals surface area (Å²) < 4.78 is 36.2. The van der Waals surface area contributed by atoms with Crippen LogP contribution in [-0.4, -0.2) is 26.3 Å². The Hall–Kier alpha value is -2.11. The standard InChI is InChI=1S/C13H14F2N2O2/c1-16-7-6-8(13(14)15)17-12-10(19-3)5-4-9(18-2)11(7)12/h4-6,13H,1-3H3,(H,16,17). The quantitative estimate of drug-likeness (QED) is 0.924. The van der Waals surface area contributed by atoms with E-state index in [1.807, 2.05) is 0 Å². The van der Waals surface area contributed by atoms with E-state index in [-0.39, 0.29) is 5.69 Å². The molecule has 2 aromatic rings. The highest BCUT2D eigenvalue weighted by Gasteiger charge is 2.18. The van der Waals surface area contributed by atoms with Gasteiger partial charge in [-0.3, -0.25) is 0 Å². The Balaban J connectivity index is 2.86. The fraction of sp³-hybridized carbons (Fsp3) is 0.308. The molecule has 1 N–H and O–H groups in total. The molecule has 0 aliphatic rings. The molecule has 0 saturated heterocycles. The van der Waals surface area contributed by atoms with Crippen LogP contribution in [0.5, 0.6) is 11.5 Å². The summed E-state index contributed by atoms with van der Waals surface area (Å²) in [4.78, 5) is 3.97. The van der Waals surface area contributed by atoms with Gasteiger partial charge in [0.15, 0.2) is 0 Å². The molecule has 1 aromatic carbocycles. The molecule has 0 spiro atoms. The van der Waals surface area contributed by atoms with E-state index in [0.717, 1.165) is 0 Å². The Morgan fingerprint density at radius 2 is 1.79 bits per heavy atom. The van der Waals surface area contributed by atoms with Crippen molar-refractivity contribution < 1.29 is 18.3 Å². The summed E-state index contributed by atoms with van der Waals surface area (Å²) in [5.41, 5.74) is 0.573. The highest BCUT2D eigenvalue weighted by atomic mass is 19.3. The highest BCUT2D eigenvalue weighted by molar-refractivity contribution is 5.99. The molecular weight excluding hydrogens is 254 g/mol. The smallest absolute Gasteiger partial charge is 0.280 e. The number of hydrogen-bond acceptors (Lipinski definition) is 4. The van der Waals surface area contributed by atoms with Crippen LogP contribution in [0.2, 0.25) is 0 Å². The molecule has 2 rings (SSSR count). The summed E-state index contributed by atoms with van der Waals surface area (Å²) in [6, 6.07) is 4.67. The first-order chi connectivity index (χ1) is 9.12. The van der Waals surface area contributed by atoms with Gasteiger partial charge in [-0.2, -0.15) is 0 Å². The van der Waals surface area contributed by atoms with E-state index < -0.39 is 6.43 Å². The summed E-state index contributed by atoms with van der Waals surface area (Å²) >= 11 is 0. The molecule has 19 heavy (non-hydrogen) atoms. The maximum atomic E-state index is 12.9. The topological polar surface area (TPSA) is 43.4 Å². The fourth-order valence-electron chi connectivity index (χ4n) is 1.95. The second-order valence-corrected chi connectivity index (χ2v) is 3.84. The number of pyridine rings is 1. The normalized spacial score (nSPS) is 10.8. The van der Waals surface area contributed by atoms with E-state index in [9.17, 15) is 8.78 Å². The third kappa shape index (κ3) is 2.25. The van der Waals surface area contributed by atoms with Gasteiger partial charge in [-0.25, -0.2) is 13.8 Å². The molecule has 6 heteroatoms. The minimum Gasteiger partial charge on any atom is -0.496 e. The first kappa shape index (κ1) is 13.3. The summed E-state index contributed by atoms with van der Waals surface area (Å²) in [6.07, 6.45) is -2.65. The van der Waals surface area contributed by atoms with Crippen LogP contribution >= 0.6 is 0 Å². The third-order valence-electron chi connectivity index (χ3n) is 2.84. The number of methoxy groups -OCH3 is 2. The van der Waals surface area contributed by atoms with Crippen LogP contribution in [-0.2, 0) is 0 Å². The van der Waals surface area contributed by atoms with E-state index in [4.69, 9.17) is 9.47 Å². The number of alkyl halides is 2. The Morgan fingerprint density at radius 1 is 1.16 bits per heavy atom. The van der Waals surface area contributed by atoms with E-state index >= 15 is 0 Å². The minimum atomic E-state index is -2.65. The van der Waals surface area contributed by atoms with Crippen molar-refractivity contribution in [3.8, 4) is 11.5 Å². The van der Waals surface area contributed by atoms with Crippen LogP contribution in [0, 0.1) is 0 Å². The van der Waals surface area contributed by atoms with Gasteiger partial charge >= 0.3 is 0 Å². The number of halogens is 2. The number of anilines is 1. The van der Waals surface area contributed by atoms with Crippen LogP contribution in [0.3, 0.4) is 0 Å². The van der Waals surface area contributed by atoms with Crippen molar-refractivity contribution in [1.82, 2.24) is 4.98 Å². The SMILES string of the molecule is CNc1cc(C(F)F)nc2c(OC)ccc(OC)c12. The number of nitrogens with one attached hydrogen (secondary N) is 1. The van der Waals surface area contributed by atoms with Crippen LogP contribution < -0.4 is 14.8 Å². The van der Waals surface area contributed by atoms with Crippen molar-refractivity contribution in [3.05, 3.63) is 23.9 Å². The van der Waals surface area contributed by atoms with Gasteiger partial charge in [0.25, 0.3) is 6.43 Å². The number of benzene rings is 1. The monoisotopic (exact) mass is 268 g/mol. The Bertz CT molecular complexity index is 603. The van der Waals surface area contributed by atoms with Crippen LogP contribution in [0.1, 0.15) is 12.1 Å². The number of aromatic nitrogens is 1. The van der Waals surface area contributed by atoms with Gasteiger partial charge in [0.1, 0.15) is 22.7 Å². The predicted octanol–water partition coefficient (Wildman–Crippen LogP) is 3.23. The van der Waals surface area contributed by atoms with Gasteiger partial charge in [-0.05, 0) is 18.2 Å². The maximum absolute atomic E-state index is 12.9. The van der Waals surface area contributed by atoms with Crippen LogP contribution in [0.4, 0.5) is 14.5 Å². The predicted molar refractivity (Wildman–Crippen MR) is 69.4 cm³/mol. The van der Waals surface area contributed by atoms with Crippen molar-refractivity contribution in [2.45, 2.75) is 6.43 Å². The number of hydrogen-bond donors (Lipinski definition) is 1. The second-order valence-electron chi connectivity index (χ2n) is 3.84. The number of ether oxygens (including phenoxy) is 2. The zero-order valence-corrected chi connectivity index (χ0v) is 10.8.